The summed E-state index contributed by atoms with van der Waals surface area (Å²) in [6, 6.07) is 13.4. The van der Waals surface area contributed by atoms with Crippen LogP contribution in [0, 0.1) is 10.1 Å². The minimum atomic E-state index is -1.20. The standard InChI is InChI=1S/C16H16N2O4/c1-2-14(11-6-4-3-5-7-11)17-15-9-8-12(18(21)22)10-13(15)16(19)20/h3-10,14,17H,2H2,1H3,(H,19,20). The highest BCUT2D eigenvalue weighted by molar-refractivity contribution is 5.95. The molecule has 2 aromatic carbocycles. The van der Waals surface area contributed by atoms with Crippen LogP contribution in [0.1, 0.15) is 35.3 Å². The summed E-state index contributed by atoms with van der Waals surface area (Å²) in [4.78, 5) is 21.5. The Kier molecular flexibility index (Phi) is 4.73. The fourth-order valence-electron chi connectivity index (χ4n) is 2.24. The van der Waals surface area contributed by atoms with Crippen molar-refractivity contribution in [1.82, 2.24) is 0 Å². The lowest BCUT2D eigenvalue weighted by atomic mass is 10.0. The quantitative estimate of drug-likeness (QED) is 0.624. The van der Waals surface area contributed by atoms with Crippen LogP contribution in [0.2, 0.25) is 0 Å². The number of carboxylic acid groups (broad SMARTS) is 1. The molecule has 0 bridgehead atoms. The zero-order valence-electron chi connectivity index (χ0n) is 12.0. The van der Waals surface area contributed by atoms with Gasteiger partial charge in [-0.05, 0) is 18.1 Å². The Labute approximate surface area is 127 Å². The van der Waals surface area contributed by atoms with Gasteiger partial charge in [0.15, 0.2) is 0 Å². The molecule has 1 unspecified atom stereocenters. The third-order valence-corrected chi connectivity index (χ3v) is 3.38. The highest BCUT2D eigenvalue weighted by Crippen LogP contribution is 2.27. The minimum absolute atomic E-state index is 0.0687. The van der Waals surface area contributed by atoms with Crippen LogP contribution in [0.4, 0.5) is 11.4 Å². The smallest absolute Gasteiger partial charge is 0.338 e. The first-order chi connectivity index (χ1) is 10.5. The van der Waals surface area contributed by atoms with Gasteiger partial charge in [-0.15, -0.1) is 0 Å². The number of hydrogen-bond donors (Lipinski definition) is 2. The molecule has 0 aromatic heterocycles. The van der Waals surface area contributed by atoms with E-state index in [1.165, 1.54) is 12.1 Å². The Morgan fingerprint density at radius 3 is 2.50 bits per heavy atom. The van der Waals surface area contributed by atoms with E-state index in [4.69, 9.17) is 0 Å². The SMILES string of the molecule is CCC(Nc1ccc([N+](=O)[O-])cc1C(=O)O)c1ccccc1. The van der Waals surface area contributed by atoms with Crippen molar-refractivity contribution >= 4 is 17.3 Å². The topological polar surface area (TPSA) is 92.5 Å². The molecule has 0 fully saturated rings. The fourth-order valence-corrected chi connectivity index (χ4v) is 2.24. The first kappa shape index (κ1) is 15.5. The zero-order chi connectivity index (χ0) is 16.1. The molecule has 2 N–H and O–H groups in total. The first-order valence-electron chi connectivity index (χ1n) is 6.86. The molecule has 0 saturated heterocycles. The van der Waals surface area contributed by atoms with Crippen molar-refractivity contribution in [2.24, 2.45) is 0 Å². The van der Waals surface area contributed by atoms with Gasteiger partial charge in [0.1, 0.15) is 0 Å². The van der Waals surface area contributed by atoms with Crippen LogP contribution >= 0.6 is 0 Å². The Morgan fingerprint density at radius 1 is 1.27 bits per heavy atom. The third kappa shape index (κ3) is 3.41. The number of carboxylic acids is 1. The van der Waals surface area contributed by atoms with Crippen molar-refractivity contribution in [3.05, 3.63) is 69.8 Å². The van der Waals surface area contributed by atoms with E-state index < -0.39 is 10.9 Å². The molecular formula is C16H16N2O4. The second-order valence-electron chi connectivity index (χ2n) is 4.81. The number of rotatable bonds is 6. The first-order valence-corrected chi connectivity index (χ1v) is 6.86. The number of carbonyl (C=O) groups is 1. The van der Waals surface area contributed by atoms with Gasteiger partial charge in [-0.25, -0.2) is 4.79 Å². The van der Waals surface area contributed by atoms with Crippen LogP contribution in [0.25, 0.3) is 0 Å². The summed E-state index contributed by atoms with van der Waals surface area (Å²) in [6.45, 7) is 1.98. The Bertz CT molecular complexity index is 686. The third-order valence-electron chi connectivity index (χ3n) is 3.38. The van der Waals surface area contributed by atoms with Crippen molar-refractivity contribution in [3.8, 4) is 0 Å². The summed E-state index contributed by atoms with van der Waals surface area (Å²) in [6.07, 6.45) is 0.750. The number of nitrogens with zero attached hydrogens (tertiary/aromatic N) is 1. The van der Waals surface area contributed by atoms with Gasteiger partial charge in [0, 0.05) is 17.8 Å². The lowest BCUT2D eigenvalue weighted by Gasteiger charge is -2.20. The largest absolute Gasteiger partial charge is 0.478 e. The van der Waals surface area contributed by atoms with Gasteiger partial charge in [-0.1, -0.05) is 37.3 Å². The molecule has 0 radical (unpaired) electrons. The molecule has 0 saturated carbocycles. The molecule has 114 valence electrons. The summed E-state index contributed by atoms with van der Waals surface area (Å²) in [7, 11) is 0. The van der Waals surface area contributed by atoms with Gasteiger partial charge in [0.25, 0.3) is 5.69 Å². The maximum absolute atomic E-state index is 11.3. The zero-order valence-corrected chi connectivity index (χ0v) is 12.0. The Balaban J connectivity index is 2.35. The van der Waals surface area contributed by atoms with Gasteiger partial charge in [-0.2, -0.15) is 0 Å². The molecule has 0 aliphatic heterocycles. The Morgan fingerprint density at radius 2 is 1.95 bits per heavy atom. The number of anilines is 1. The second-order valence-corrected chi connectivity index (χ2v) is 4.81. The molecule has 0 aliphatic carbocycles. The van der Waals surface area contributed by atoms with Gasteiger partial charge < -0.3 is 10.4 Å². The minimum Gasteiger partial charge on any atom is -0.478 e. The van der Waals surface area contributed by atoms with Crippen LogP contribution in [0.5, 0.6) is 0 Å². The number of hydrogen-bond acceptors (Lipinski definition) is 4. The molecule has 2 rings (SSSR count). The van der Waals surface area contributed by atoms with E-state index in [1.54, 1.807) is 0 Å². The molecule has 2 aromatic rings. The molecule has 6 heteroatoms. The molecule has 0 aliphatic rings. The number of non-ortho nitro benzene ring substituents is 1. The molecular weight excluding hydrogens is 284 g/mol. The molecule has 0 amide bonds. The predicted molar refractivity (Wildman–Crippen MR) is 83.2 cm³/mol. The average Bonchev–Trinajstić information content (AvgIpc) is 2.53. The average molecular weight is 300 g/mol. The van der Waals surface area contributed by atoms with E-state index in [0.717, 1.165) is 18.1 Å². The monoisotopic (exact) mass is 300 g/mol. The molecule has 0 heterocycles. The number of nitrogens with one attached hydrogen (secondary N) is 1. The van der Waals surface area contributed by atoms with E-state index in [-0.39, 0.29) is 17.3 Å². The van der Waals surface area contributed by atoms with Crippen LogP contribution in [-0.4, -0.2) is 16.0 Å². The lowest BCUT2D eigenvalue weighted by molar-refractivity contribution is -0.384. The molecule has 1 atom stereocenters. The normalized spacial score (nSPS) is 11.7. The summed E-state index contributed by atoms with van der Waals surface area (Å²) in [5.74, 6) is -1.20. The van der Waals surface area contributed by atoms with Crippen molar-refractivity contribution < 1.29 is 14.8 Å². The molecule has 22 heavy (non-hydrogen) atoms. The highest BCUT2D eigenvalue weighted by Gasteiger charge is 2.18. The van der Waals surface area contributed by atoms with Crippen molar-refractivity contribution in [3.63, 3.8) is 0 Å². The summed E-state index contributed by atoms with van der Waals surface area (Å²) in [5.41, 5.74) is 1.05. The lowest BCUT2D eigenvalue weighted by Crippen LogP contribution is -2.13. The fraction of sp³-hybridized carbons (Fsp3) is 0.188. The van der Waals surface area contributed by atoms with E-state index in [2.05, 4.69) is 5.32 Å². The molecule has 0 spiro atoms. The van der Waals surface area contributed by atoms with Crippen LogP contribution in [0.3, 0.4) is 0 Å². The maximum Gasteiger partial charge on any atom is 0.338 e. The van der Waals surface area contributed by atoms with Gasteiger partial charge in [0.05, 0.1) is 16.5 Å². The van der Waals surface area contributed by atoms with Gasteiger partial charge in [0.2, 0.25) is 0 Å². The van der Waals surface area contributed by atoms with Crippen LogP contribution in [-0.2, 0) is 0 Å². The highest BCUT2D eigenvalue weighted by atomic mass is 16.6. The van der Waals surface area contributed by atoms with Crippen LogP contribution < -0.4 is 5.32 Å². The second kappa shape index (κ2) is 6.71. The number of benzene rings is 2. The maximum atomic E-state index is 11.3. The Hall–Kier alpha value is -2.89. The van der Waals surface area contributed by atoms with E-state index in [0.29, 0.717) is 5.69 Å². The predicted octanol–water partition coefficient (Wildman–Crippen LogP) is 3.86. The van der Waals surface area contributed by atoms with Crippen molar-refractivity contribution in [1.29, 1.82) is 0 Å². The number of nitro groups is 1. The number of aromatic carboxylic acids is 1. The number of nitro benzene ring substituents is 1. The summed E-state index contributed by atoms with van der Waals surface area (Å²) in [5, 5.41) is 23.2. The molecule has 6 nitrogen and oxygen atoms in total. The van der Waals surface area contributed by atoms with Gasteiger partial charge >= 0.3 is 5.97 Å². The van der Waals surface area contributed by atoms with E-state index >= 15 is 0 Å². The summed E-state index contributed by atoms with van der Waals surface area (Å²) >= 11 is 0. The van der Waals surface area contributed by atoms with Gasteiger partial charge in [-0.3, -0.25) is 10.1 Å². The van der Waals surface area contributed by atoms with Crippen molar-refractivity contribution in [2.45, 2.75) is 19.4 Å². The van der Waals surface area contributed by atoms with E-state index in [1.807, 2.05) is 37.3 Å². The van der Waals surface area contributed by atoms with Crippen LogP contribution in [0.15, 0.2) is 48.5 Å². The van der Waals surface area contributed by atoms with E-state index in [9.17, 15) is 20.0 Å². The van der Waals surface area contributed by atoms with Crippen molar-refractivity contribution in [2.75, 3.05) is 5.32 Å². The summed E-state index contributed by atoms with van der Waals surface area (Å²) < 4.78 is 0.